The summed E-state index contributed by atoms with van der Waals surface area (Å²) in [5.41, 5.74) is 0.711. The van der Waals surface area contributed by atoms with Gasteiger partial charge in [0.05, 0.1) is 11.6 Å². The summed E-state index contributed by atoms with van der Waals surface area (Å²) in [6.45, 7) is 8.44. The predicted molar refractivity (Wildman–Crippen MR) is 66.2 cm³/mol. The molecule has 2 heterocycles. The maximum absolute atomic E-state index is 12.4. The second-order valence-electron chi connectivity index (χ2n) is 4.64. The molecule has 1 amide bonds. The number of nitrogens with one attached hydrogen (secondary N) is 1. The van der Waals surface area contributed by atoms with Crippen molar-refractivity contribution in [3.8, 4) is 0 Å². The first-order valence-corrected chi connectivity index (χ1v) is 6.22. The Hall–Kier alpha value is -1.29. The zero-order chi connectivity index (χ0) is 12.4. The number of carbonyl (C=O) groups excluding carboxylic acids is 1. The van der Waals surface area contributed by atoms with Crippen molar-refractivity contribution < 1.29 is 9.21 Å². The summed E-state index contributed by atoms with van der Waals surface area (Å²) in [5.74, 6) is 1.63. The second-order valence-corrected chi connectivity index (χ2v) is 4.64. The van der Waals surface area contributed by atoms with Crippen LogP contribution >= 0.6 is 0 Å². The predicted octanol–water partition coefficient (Wildman–Crippen LogP) is 1.72. The summed E-state index contributed by atoms with van der Waals surface area (Å²) < 4.78 is 5.43. The number of hydrogen-bond donors (Lipinski definition) is 1. The third-order valence-electron chi connectivity index (χ3n) is 3.20. The number of carbonyl (C=O) groups is 1. The third kappa shape index (κ3) is 2.36. The molecule has 0 saturated carbocycles. The molecule has 94 valence electrons. The van der Waals surface area contributed by atoms with Crippen molar-refractivity contribution >= 4 is 5.91 Å². The van der Waals surface area contributed by atoms with Gasteiger partial charge in [-0.25, -0.2) is 0 Å². The molecule has 1 aromatic rings. The van der Waals surface area contributed by atoms with Gasteiger partial charge in [-0.2, -0.15) is 0 Å². The average Bonchev–Trinajstić information content (AvgIpc) is 2.53. The fraction of sp³-hybridized carbons (Fsp3) is 0.615. The van der Waals surface area contributed by atoms with Gasteiger partial charge >= 0.3 is 0 Å². The lowest BCUT2D eigenvalue weighted by atomic mass is 10.1. The van der Waals surface area contributed by atoms with E-state index < -0.39 is 0 Å². The highest BCUT2D eigenvalue weighted by molar-refractivity contribution is 5.95. The smallest absolute Gasteiger partial charge is 0.257 e. The van der Waals surface area contributed by atoms with Crippen LogP contribution in [-0.4, -0.2) is 36.5 Å². The highest BCUT2D eigenvalue weighted by atomic mass is 16.3. The molecule has 1 aromatic heterocycles. The van der Waals surface area contributed by atoms with Crippen molar-refractivity contribution in [3.05, 3.63) is 23.2 Å². The molecule has 0 atom stereocenters. The first-order chi connectivity index (χ1) is 8.13. The molecule has 0 aliphatic carbocycles. The molecule has 0 unspecified atom stereocenters. The van der Waals surface area contributed by atoms with E-state index in [9.17, 15) is 4.79 Å². The van der Waals surface area contributed by atoms with E-state index in [0.717, 1.165) is 37.6 Å². The minimum absolute atomic E-state index is 0.104. The van der Waals surface area contributed by atoms with Crippen molar-refractivity contribution in [1.29, 1.82) is 0 Å². The van der Waals surface area contributed by atoms with Gasteiger partial charge in [-0.15, -0.1) is 0 Å². The quantitative estimate of drug-likeness (QED) is 0.865. The van der Waals surface area contributed by atoms with Crippen LogP contribution in [0.4, 0.5) is 0 Å². The Morgan fingerprint density at radius 2 is 2.24 bits per heavy atom. The van der Waals surface area contributed by atoms with Gasteiger partial charge < -0.3 is 14.6 Å². The molecule has 1 saturated heterocycles. The minimum atomic E-state index is 0.104. The van der Waals surface area contributed by atoms with Crippen LogP contribution in [-0.2, 0) is 0 Å². The van der Waals surface area contributed by atoms with Crippen LogP contribution in [0, 0.1) is 13.8 Å². The summed E-state index contributed by atoms with van der Waals surface area (Å²) in [4.78, 5) is 14.4. The average molecular weight is 236 g/mol. The fourth-order valence-electron chi connectivity index (χ4n) is 2.18. The maximum Gasteiger partial charge on any atom is 0.257 e. The van der Waals surface area contributed by atoms with Crippen LogP contribution in [0.25, 0.3) is 0 Å². The van der Waals surface area contributed by atoms with Gasteiger partial charge in [0, 0.05) is 19.6 Å². The lowest BCUT2D eigenvalue weighted by Gasteiger charge is -2.38. The van der Waals surface area contributed by atoms with Crippen LogP contribution in [0.5, 0.6) is 0 Å². The number of rotatable bonds is 4. The number of amides is 1. The number of nitrogens with zero attached hydrogens (tertiary/aromatic N) is 1. The molecule has 1 N–H and O–H groups in total. The van der Waals surface area contributed by atoms with Gasteiger partial charge in [0.15, 0.2) is 0 Å². The molecular formula is C13H20N2O2. The summed E-state index contributed by atoms with van der Waals surface area (Å²) in [5, 5.41) is 3.21. The van der Waals surface area contributed by atoms with E-state index in [2.05, 4.69) is 12.2 Å². The zero-order valence-corrected chi connectivity index (χ0v) is 10.7. The molecule has 17 heavy (non-hydrogen) atoms. The van der Waals surface area contributed by atoms with Gasteiger partial charge in [0.1, 0.15) is 11.5 Å². The van der Waals surface area contributed by atoms with E-state index >= 15 is 0 Å². The SMILES string of the molecule is CCCN(C(=O)c1cc(C)oc1C)C1CNC1. The Morgan fingerprint density at radius 3 is 2.65 bits per heavy atom. The highest BCUT2D eigenvalue weighted by Crippen LogP contribution is 2.18. The van der Waals surface area contributed by atoms with Gasteiger partial charge in [-0.3, -0.25) is 4.79 Å². The third-order valence-corrected chi connectivity index (χ3v) is 3.20. The molecule has 4 nitrogen and oxygen atoms in total. The second kappa shape index (κ2) is 4.92. The van der Waals surface area contributed by atoms with E-state index in [1.807, 2.05) is 24.8 Å². The fourth-order valence-corrected chi connectivity index (χ4v) is 2.18. The lowest BCUT2D eigenvalue weighted by Crippen LogP contribution is -2.59. The standard InChI is InChI=1S/C13H20N2O2/c1-4-5-15(11-7-14-8-11)13(16)12-6-9(2)17-10(12)3/h6,11,14H,4-5,7-8H2,1-3H3. The van der Waals surface area contributed by atoms with Gasteiger partial charge in [-0.05, 0) is 26.3 Å². The van der Waals surface area contributed by atoms with Gasteiger partial charge in [0.2, 0.25) is 0 Å². The van der Waals surface area contributed by atoms with Crippen LogP contribution in [0.3, 0.4) is 0 Å². The molecule has 0 bridgehead atoms. The Balaban J connectivity index is 2.17. The van der Waals surface area contributed by atoms with Gasteiger partial charge in [-0.1, -0.05) is 6.92 Å². The molecule has 1 aliphatic heterocycles. The lowest BCUT2D eigenvalue weighted by molar-refractivity contribution is 0.0614. The van der Waals surface area contributed by atoms with E-state index in [-0.39, 0.29) is 5.91 Å². The monoisotopic (exact) mass is 236 g/mol. The van der Waals surface area contributed by atoms with E-state index in [1.165, 1.54) is 0 Å². The normalized spacial score (nSPS) is 15.7. The van der Waals surface area contributed by atoms with Crippen LogP contribution in [0.1, 0.15) is 35.2 Å². The van der Waals surface area contributed by atoms with Crippen molar-refractivity contribution in [3.63, 3.8) is 0 Å². The Labute approximate surface area is 102 Å². The molecule has 1 fully saturated rings. The first-order valence-electron chi connectivity index (χ1n) is 6.22. The van der Waals surface area contributed by atoms with Crippen LogP contribution in [0.2, 0.25) is 0 Å². The van der Waals surface area contributed by atoms with Crippen molar-refractivity contribution in [1.82, 2.24) is 10.2 Å². The molecular weight excluding hydrogens is 216 g/mol. The summed E-state index contributed by atoms with van der Waals surface area (Å²) in [6.07, 6.45) is 0.984. The summed E-state index contributed by atoms with van der Waals surface area (Å²) >= 11 is 0. The van der Waals surface area contributed by atoms with Crippen molar-refractivity contribution in [2.24, 2.45) is 0 Å². The number of aryl methyl sites for hydroxylation is 2. The number of hydrogen-bond acceptors (Lipinski definition) is 3. The molecule has 2 rings (SSSR count). The van der Waals surface area contributed by atoms with Gasteiger partial charge in [0.25, 0.3) is 5.91 Å². The maximum atomic E-state index is 12.4. The molecule has 1 aliphatic rings. The molecule has 0 radical (unpaired) electrons. The largest absolute Gasteiger partial charge is 0.466 e. The Morgan fingerprint density at radius 1 is 1.53 bits per heavy atom. The van der Waals surface area contributed by atoms with Crippen molar-refractivity contribution in [2.45, 2.75) is 33.2 Å². The first kappa shape index (κ1) is 12.2. The van der Waals surface area contributed by atoms with E-state index in [1.54, 1.807) is 0 Å². The minimum Gasteiger partial charge on any atom is -0.466 e. The zero-order valence-electron chi connectivity index (χ0n) is 10.7. The van der Waals surface area contributed by atoms with E-state index in [0.29, 0.717) is 11.6 Å². The Kier molecular flexibility index (Phi) is 3.52. The van der Waals surface area contributed by atoms with Crippen LogP contribution < -0.4 is 5.32 Å². The molecule has 0 spiro atoms. The molecule has 0 aromatic carbocycles. The number of furan rings is 1. The Bertz CT molecular complexity index is 408. The van der Waals surface area contributed by atoms with E-state index in [4.69, 9.17) is 4.42 Å². The van der Waals surface area contributed by atoms with Crippen molar-refractivity contribution in [2.75, 3.05) is 19.6 Å². The highest BCUT2D eigenvalue weighted by Gasteiger charge is 2.30. The summed E-state index contributed by atoms with van der Waals surface area (Å²) in [6, 6.07) is 2.18. The van der Waals surface area contributed by atoms with Crippen LogP contribution in [0.15, 0.2) is 10.5 Å². The molecule has 4 heteroatoms. The summed E-state index contributed by atoms with van der Waals surface area (Å²) in [7, 11) is 0. The topological polar surface area (TPSA) is 45.5 Å².